The fourth-order valence-electron chi connectivity index (χ4n) is 4.36. The first-order valence-corrected chi connectivity index (χ1v) is 12.6. The normalized spacial score (nSPS) is 12.9. The van der Waals surface area contributed by atoms with Crippen molar-refractivity contribution in [3.8, 4) is 11.4 Å². The highest BCUT2D eigenvalue weighted by molar-refractivity contribution is 6.31. The van der Waals surface area contributed by atoms with E-state index < -0.39 is 5.97 Å². The summed E-state index contributed by atoms with van der Waals surface area (Å²) in [5.74, 6) is -0.861. The lowest BCUT2D eigenvalue weighted by molar-refractivity contribution is -0.137. The van der Waals surface area contributed by atoms with Gasteiger partial charge in [-0.25, -0.2) is 0 Å². The highest BCUT2D eigenvalue weighted by atomic mass is 35.5. The summed E-state index contributed by atoms with van der Waals surface area (Å²) in [6, 6.07) is 9.08. The number of rotatable bonds is 11. The maximum atomic E-state index is 11.7. The molecule has 1 atom stereocenters. The number of nitrogens with zero attached hydrogens (tertiary/aromatic N) is 3. The van der Waals surface area contributed by atoms with Crippen LogP contribution < -0.4 is 0 Å². The third kappa shape index (κ3) is 6.50. The molecule has 0 aliphatic heterocycles. The first-order valence-electron chi connectivity index (χ1n) is 12.2. The number of unbranched alkanes of at least 4 members (excludes halogenated alkanes) is 5. The fourth-order valence-corrected chi connectivity index (χ4v) is 4.53. The summed E-state index contributed by atoms with van der Waals surface area (Å²) in [6.45, 7) is 8.29. The topological polar surface area (TPSA) is 88.2 Å². The van der Waals surface area contributed by atoms with E-state index in [1.165, 1.54) is 30.5 Å². The van der Waals surface area contributed by atoms with Gasteiger partial charge in [0.05, 0.1) is 6.42 Å². The molecule has 0 saturated heterocycles. The lowest BCUT2D eigenvalue weighted by atomic mass is 9.81. The number of halogens is 1. The Morgan fingerprint density at radius 3 is 2.38 bits per heavy atom. The number of aliphatic carboxylic acids is 1. The minimum absolute atomic E-state index is 0.0485. The van der Waals surface area contributed by atoms with E-state index in [0.29, 0.717) is 21.7 Å². The number of carbonyl (C=O) groups is 1. The third-order valence-electron chi connectivity index (χ3n) is 6.28. The summed E-state index contributed by atoms with van der Waals surface area (Å²) in [6.07, 6.45) is 7.75. The Balaban J connectivity index is 2.01. The molecule has 0 radical (unpaired) electrons. The number of benzene rings is 2. The SMILES string of the molecule is CCCCCCCCC(CC(=O)O)c1cc(-n2nc3ccc(Cl)cc3n2)c(O)c(C(C)(C)C)c1. The van der Waals surface area contributed by atoms with Crippen LogP contribution in [0.25, 0.3) is 16.7 Å². The van der Waals surface area contributed by atoms with Crippen LogP contribution in [0.5, 0.6) is 5.75 Å². The van der Waals surface area contributed by atoms with Gasteiger partial charge < -0.3 is 10.2 Å². The molecular weight excluding hydrogens is 450 g/mol. The van der Waals surface area contributed by atoms with Gasteiger partial charge >= 0.3 is 5.97 Å². The molecule has 184 valence electrons. The molecule has 6 nitrogen and oxygen atoms in total. The van der Waals surface area contributed by atoms with E-state index in [0.717, 1.165) is 30.4 Å². The first-order chi connectivity index (χ1) is 16.1. The molecule has 34 heavy (non-hydrogen) atoms. The molecule has 1 heterocycles. The van der Waals surface area contributed by atoms with Crippen LogP contribution in [0.1, 0.15) is 96.1 Å². The predicted molar refractivity (Wildman–Crippen MR) is 137 cm³/mol. The van der Waals surface area contributed by atoms with Crippen LogP contribution in [0, 0.1) is 0 Å². The second-order valence-corrected chi connectivity index (χ2v) is 10.6. The van der Waals surface area contributed by atoms with Crippen molar-refractivity contribution < 1.29 is 15.0 Å². The summed E-state index contributed by atoms with van der Waals surface area (Å²) in [5.41, 5.74) is 3.04. The maximum absolute atomic E-state index is 11.7. The van der Waals surface area contributed by atoms with Crippen LogP contribution in [-0.2, 0) is 10.2 Å². The van der Waals surface area contributed by atoms with Gasteiger partial charge in [0.15, 0.2) is 0 Å². The van der Waals surface area contributed by atoms with Gasteiger partial charge in [0.2, 0.25) is 0 Å². The lowest BCUT2D eigenvalue weighted by Crippen LogP contribution is -2.16. The summed E-state index contributed by atoms with van der Waals surface area (Å²) >= 11 is 6.11. The largest absolute Gasteiger partial charge is 0.505 e. The zero-order valence-electron chi connectivity index (χ0n) is 20.6. The zero-order valence-corrected chi connectivity index (χ0v) is 21.4. The zero-order chi connectivity index (χ0) is 24.9. The van der Waals surface area contributed by atoms with Gasteiger partial charge in [-0.3, -0.25) is 4.79 Å². The van der Waals surface area contributed by atoms with E-state index in [4.69, 9.17) is 11.6 Å². The molecular formula is C27H36ClN3O3. The average Bonchev–Trinajstić information content (AvgIpc) is 3.17. The smallest absolute Gasteiger partial charge is 0.303 e. The van der Waals surface area contributed by atoms with Crippen molar-refractivity contribution in [3.05, 3.63) is 46.5 Å². The van der Waals surface area contributed by atoms with E-state index >= 15 is 0 Å². The predicted octanol–water partition coefficient (Wildman–Crippen LogP) is 7.39. The Labute approximate surface area is 206 Å². The van der Waals surface area contributed by atoms with Crippen LogP contribution in [0.2, 0.25) is 5.02 Å². The molecule has 0 fully saturated rings. The molecule has 0 aliphatic carbocycles. The number of carboxylic acid groups (broad SMARTS) is 1. The van der Waals surface area contributed by atoms with Gasteiger partial charge in [-0.15, -0.1) is 15.0 Å². The Bertz CT molecular complexity index is 1130. The Hall–Kier alpha value is -2.60. The van der Waals surface area contributed by atoms with Crippen LogP contribution in [0.3, 0.4) is 0 Å². The van der Waals surface area contributed by atoms with Crippen LogP contribution in [0.15, 0.2) is 30.3 Å². The molecule has 0 spiro atoms. The van der Waals surface area contributed by atoms with Gasteiger partial charge in [0, 0.05) is 10.6 Å². The minimum Gasteiger partial charge on any atom is -0.505 e. The maximum Gasteiger partial charge on any atom is 0.303 e. The van der Waals surface area contributed by atoms with E-state index in [1.54, 1.807) is 18.2 Å². The summed E-state index contributed by atoms with van der Waals surface area (Å²) in [5, 5.41) is 30.5. The van der Waals surface area contributed by atoms with E-state index in [9.17, 15) is 15.0 Å². The van der Waals surface area contributed by atoms with Gasteiger partial charge in [-0.05, 0) is 47.6 Å². The third-order valence-corrected chi connectivity index (χ3v) is 6.51. The molecule has 0 aliphatic rings. The molecule has 0 amide bonds. The van der Waals surface area contributed by atoms with Gasteiger partial charge in [-0.2, -0.15) is 0 Å². The summed E-state index contributed by atoms with van der Waals surface area (Å²) in [4.78, 5) is 13.1. The average molecular weight is 486 g/mol. The Morgan fingerprint density at radius 1 is 1.03 bits per heavy atom. The number of phenolic OH excluding ortho intramolecular Hbond substituents is 1. The molecule has 2 aromatic carbocycles. The molecule has 7 heteroatoms. The quantitative estimate of drug-likeness (QED) is 0.276. The minimum atomic E-state index is -0.819. The molecule has 3 rings (SSSR count). The van der Waals surface area contributed by atoms with Crippen molar-refractivity contribution in [1.82, 2.24) is 15.0 Å². The van der Waals surface area contributed by atoms with Gasteiger partial charge in [-0.1, -0.05) is 83.9 Å². The molecule has 2 N–H and O–H groups in total. The second-order valence-electron chi connectivity index (χ2n) is 10.2. The number of fused-ring (bicyclic) bond motifs is 1. The van der Waals surface area contributed by atoms with Gasteiger partial charge in [0.25, 0.3) is 0 Å². The van der Waals surface area contributed by atoms with E-state index in [2.05, 4.69) is 17.1 Å². The monoisotopic (exact) mass is 485 g/mol. The number of hydrogen-bond acceptors (Lipinski definition) is 4. The van der Waals surface area contributed by atoms with Crippen molar-refractivity contribution in [2.24, 2.45) is 0 Å². The highest BCUT2D eigenvalue weighted by Gasteiger charge is 2.26. The number of phenols is 1. The molecule has 0 saturated carbocycles. The number of hydrogen-bond donors (Lipinski definition) is 2. The van der Waals surface area contributed by atoms with E-state index in [1.807, 2.05) is 32.9 Å². The summed E-state index contributed by atoms with van der Waals surface area (Å²) < 4.78 is 0. The number of carboxylic acids is 1. The molecule has 0 bridgehead atoms. The van der Waals surface area contributed by atoms with Crippen molar-refractivity contribution in [2.45, 2.75) is 90.4 Å². The fraction of sp³-hybridized carbons (Fsp3) is 0.519. The van der Waals surface area contributed by atoms with Crippen LogP contribution in [0.4, 0.5) is 0 Å². The Kier molecular flexibility index (Phi) is 8.58. The van der Waals surface area contributed by atoms with Crippen LogP contribution in [-0.4, -0.2) is 31.2 Å². The standard InChI is InChI=1S/C27H36ClN3O3/c1-5-6-7-8-9-10-11-18(16-25(32)33)19-14-21(27(2,3)4)26(34)24(15-19)31-29-22-13-12-20(28)17-23(22)30-31/h12-15,17-18,34H,5-11,16H2,1-4H3,(H,32,33). The second kappa shape index (κ2) is 11.2. The Morgan fingerprint density at radius 2 is 1.71 bits per heavy atom. The number of aromatic hydroxyl groups is 1. The van der Waals surface area contributed by atoms with Crippen molar-refractivity contribution in [1.29, 1.82) is 0 Å². The van der Waals surface area contributed by atoms with Crippen molar-refractivity contribution in [2.75, 3.05) is 0 Å². The number of aromatic nitrogens is 3. The van der Waals surface area contributed by atoms with Gasteiger partial charge in [0.1, 0.15) is 22.5 Å². The van der Waals surface area contributed by atoms with E-state index in [-0.39, 0.29) is 23.5 Å². The molecule has 1 unspecified atom stereocenters. The summed E-state index contributed by atoms with van der Waals surface area (Å²) in [7, 11) is 0. The highest BCUT2D eigenvalue weighted by Crippen LogP contribution is 2.39. The lowest BCUT2D eigenvalue weighted by Gasteiger charge is -2.25. The first kappa shape index (κ1) is 26.0. The molecule has 1 aromatic heterocycles. The van der Waals surface area contributed by atoms with Crippen LogP contribution >= 0.6 is 11.6 Å². The van der Waals surface area contributed by atoms with Crippen molar-refractivity contribution in [3.63, 3.8) is 0 Å². The molecule has 3 aromatic rings. The van der Waals surface area contributed by atoms with Crippen molar-refractivity contribution >= 4 is 28.6 Å².